The highest BCUT2D eigenvalue weighted by atomic mass is 16.6. The van der Waals surface area contributed by atoms with Crippen LogP contribution in [0.25, 0.3) is 0 Å². The van der Waals surface area contributed by atoms with Gasteiger partial charge in [-0.1, -0.05) is 0 Å². The number of rotatable bonds is 2. The van der Waals surface area contributed by atoms with Gasteiger partial charge in [-0.15, -0.1) is 0 Å². The maximum absolute atomic E-state index is 11.3. The van der Waals surface area contributed by atoms with Crippen LogP contribution in [0.3, 0.4) is 0 Å². The summed E-state index contributed by atoms with van der Waals surface area (Å²) >= 11 is 0. The molecule has 1 aliphatic heterocycles. The molecule has 1 amide bonds. The van der Waals surface area contributed by atoms with Gasteiger partial charge in [0.15, 0.2) is 0 Å². The van der Waals surface area contributed by atoms with Crippen LogP contribution in [0, 0.1) is 0 Å². The predicted molar refractivity (Wildman–Crippen MR) is 43.7 cm³/mol. The van der Waals surface area contributed by atoms with Gasteiger partial charge in [-0.2, -0.15) is 0 Å². The highest BCUT2D eigenvalue weighted by Gasteiger charge is 2.46. The van der Waals surface area contributed by atoms with Crippen molar-refractivity contribution in [3.63, 3.8) is 0 Å². The summed E-state index contributed by atoms with van der Waals surface area (Å²) in [6, 6.07) is 0.436. The number of carbonyl (C=O) groups excluding carboxylic acids is 1. The van der Waals surface area contributed by atoms with E-state index in [1.165, 1.54) is 0 Å². The number of amides is 1. The van der Waals surface area contributed by atoms with Crippen molar-refractivity contribution in [1.82, 2.24) is 4.90 Å². The standard InChI is InChI=1S/C8H14N2O2/c1-8(4-9)5-10(6-2-3-6)7(11)12-8/h6H,2-5,9H2,1H3. The Morgan fingerprint density at radius 2 is 2.42 bits per heavy atom. The summed E-state index contributed by atoms with van der Waals surface area (Å²) in [5.74, 6) is 0. The topological polar surface area (TPSA) is 55.6 Å². The Morgan fingerprint density at radius 1 is 1.75 bits per heavy atom. The van der Waals surface area contributed by atoms with Gasteiger partial charge in [0, 0.05) is 12.6 Å². The maximum Gasteiger partial charge on any atom is 0.410 e. The molecule has 0 spiro atoms. The number of carbonyl (C=O) groups is 1. The lowest BCUT2D eigenvalue weighted by atomic mass is 10.1. The summed E-state index contributed by atoms with van der Waals surface area (Å²) in [4.78, 5) is 13.1. The maximum atomic E-state index is 11.3. The van der Waals surface area contributed by atoms with Crippen molar-refractivity contribution in [3.05, 3.63) is 0 Å². The molecule has 2 N–H and O–H groups in total. The van der Waals surface area contributed by atoms with Crippen molar-refractivity contribution in [1.29, 1.82) is 0 Å². The first-order valence-corrected chi connectivity index (χ1v) is 4.34. The molecule has 4 heteroatoms. The van der Waals surface area contributed by atoms with E-state index in [-0.39, 0.29) is 6.09 Å². The molecule has 68 valence electrons. The number of nitrogens with zero attached hydrogens (tertiary/aromatic N) is 1. The molecule has 0 aromatic carbocycles. The lowest BCUT2D eigenvalue weighted by Crippen LogP contribution is -2.39. The van der Waals surface area contributed by atoms with Crippen LogP contribution < -0.4 is 5.73 Å². The van der Waals surface area contributed by atoms with E-state index in [0.29, 0.717) is 19.1 Å². The van der Waals surface area contributed by atoms with Crippen molar-refractivity contribution in [2.45, 2.75) is 31.4 Å². The first kappa shape index (κ1) is 7.86. The van der Waals surface area contributed by atoms with E-state index < -0.39 is 5.60 Å². The molecule has 1 saturated heterocycles. The summed E-state index contributed by atoms with van der Waals surface area (Å²) in [6.07, 6.45) is 2.05. The van der Waals surface area contributed by atoms with Gasteiger partial charge in [-0.05, 0) is 19.8 Å². The van der Waals surface area contributed by atoms with Crippen molar-refractivity contribution in [2.24, 2.45) is 5.73 Å². The molecule has 4 nitrogen and oxygen atoms in total. The molecule has 12 heavy (non-hydrogen) atoms. The van der Waals surface area contributed by atoms with Gasteiger partial charge in [0.1, 0.15) is 5.60 Å². The van der Waals surface area contributed by atoms with Crippen molar-refractivity contribution < 1.29 is 9.53 Å². The predicted octanol–water partition coefficient (Wildman–Crippen LogP) is 0.318. The van der Waals surface area contributed by atoms with Gasteiger partial charge < -0.3 is 15.4 Å². The average molecular weight is 170 g/mol. The van der Waals surface area contributed by atoms with Crippen LogP contribution in [0.4, 0.5) is 4.79 Å². The van der Waals surface area contributed by atoms with Crippen LogP contribution in [0.5, 0.6) is 0 Å². The van der Waals surface area contributed by atoms with Gasteiger partial charge in [0.25, 0.3) is 0 Å². The largest absolute Gasteiger partial charge is 0.440 e. The number of nitrogens with two attached hydrogens (primary N) is 1. The van der Waals surface area contributed by atoms with E-state index in [2.05, 4.69) is 0 Å². The second-order valence-electron chi connectivity index (χ2n) is 3.88. The summed E-state index contributed by atoms with van der Waals surface area (Å²) in [5, 5.41) is 0. The van der Waals surface area contributed by atoms with Gasteiger partial charge >= 0.3 is 6.09 Å². The first-order chi connectivity index (χ1) is 5.64. The zero-order valence-electron chi connectivity index (χ0n) is 7.25. The molecule has 1 heterocycles. The molecule has 1 atom stereocenters. The molecule has 0 aromatic heterocycles. The second-order valence-corrected chi connectivity index (χ2v) is 3.88. The minimum Gasteiger partial charge on any atom is -0.440 e. The Labute approximate surface area is 71.7 Å². The molecule has 2 aliphatic rings. The molecule has 0 aromatic rings. The van der Waals surface area contributed by atoms with E-state index in [1.54, 1.807) is 4.90 Å². The fraction of sp³-hybridized carbons (Fsp3) is 0.875. The monoisotopic (exact) mass is 170 g/mol. The minimum absolute atomic E-state index is 0.189. The van der Waals surface area contributed by atoms with Gasteiger partial charge in [0.05, 0.1) is 6.54 Å². The molecule has 1 aliphatic carbocycles. The Balaban J connectivity index is 2.05. The van der Waals surface area contributed by atoms with Crippen LogP contribution in [0.1, 0.15) is 19.8 Å². The second kappa shape index (κ2) is 2.36. The molecule has 0 bridgehead atoms. The van der Waals surface area contributed by atoms with Crippen LogP contribution in [0.2, 0.25) is 0 Å². The van der Waals surface area contributed by atoms with Crippen LogP contribution in [-0.4, -0.2) is 35.7 Å². The fourth-order valence-corrected chi connectivity index (χ4v) is 1.50. The third kappa shape index (κ3) is 1.16. The van der Waals surface area contributed by atoms with E-state index in [0.717, 1.165) is 12.8 Å². The molecule has 1 saturated carbocycles. The Morgan fingerprint density at radius 3 is 2.83 bits per heavy atom. The van der Waals surface area contributed by atoms with E-state index in [9.17, 15) is 4.79 Å². The van der Waals surface area contributed by atoms with Crippen molar-refractivity contribution in [3.8, 4) is 0 Å². The summed E-state index contributed by atoms with van der Waals surface area (Å²) in [6.45, 7) is 2.95. The van der Waals surface area contributed by atoms with Gasteiger partial charge in [-0.25, -0.2) is 4.79 Å². The number of hydrogen-bond acceptors (Lipinski definition) is 3. The number of cyclic esters (lactones) is 1. The third-order valence-corrected chi connectivity index (χ3v) is 2.49. The number of ether oxygens (including phenoxy) is 1. The van der Waals surface area contributed by atoms with Gasteiger partial charge in [0.2, 0.25) is 0 Å². The third-order valence-electron chi connectivity index (χ3n) is 2.49. The summed E-state index contributed by atoms with van der Waals surface area (Å²) in [5.41, 5.74) is 5.06. The Kier molecular flexibility index (Phi) is 1.54. The fourth-order valence-electron chi connectivity index (χ4n) is 1.50. The minimum atomic E-state index is -0.445. The van der Waals surface area contributed by atoms with Crippen LogP contribution >= 0.6 is 0 Å². The molecule has 1 unspecified atom stereocenters. The molecule has 2 rings (SSSR count). The smallest absolute Gasteiger partial charge is 0.410 e. The summed E-state index contributed by atoms with van der Waals surface area (Å²) in [7, 11) is 0. The highest BCUT2D eigenvalue weighted by molar-refractivity contribution is 5.71. The molecule has 0 radical (unpaired) electrons. The molecular weight excluding hydrogens is 156 g/mol. The first-order valence-electron chi connectivity index (χ1n) is 4.34. The van der Waals surface area contributed by atoms with E-state index in [4.69, 9.17) is 10.5 Å². The summed E-state index contributed by atoms with van der Waals surface area (Å²) < 4.78 is 5.17. The Hall–Kier alpha value is -0.770. The van der Waals surface area contributed by atoms with Crippen LogP contribution in [-0.2, 0) is 4.74 Å². The molecule has 2 fully saturated rings. The van der Waals surface area contributed by atoms with Crippen molar-refractivity contribution >= 4 is 6.09 Å². The highest BCUT2D eigenvalue weighted by Crippen LogP contribution is 2.33. The lowest BCUT2D eigenvalue weighted by molar-refractivity contribution is 0.0781. The zero-order valence-corrected chi connectivity index (χ0v) is 7.25. The SMILES string of the molecule is CC1(CN)CN(C2CC2)C(=O)O1. The zero-order chi connectivity index (χ0) is 8.77. The van der Waals surface area contributed by atoms with Gasteiger partial charge in [-0.3, -0.25) is 0 Å². The quantitative estimate of drug-likeness (QED) is 0.649. The molecular formula is C8H14N2O2. The average Bonchev–Trinajstić information content (AvgIpc) is 2.80. The number of hydrogen-bond donors (Lipinski definition) is 1. The van der Waals surface area contributed by atoms with Crippen LogP contribution in [0.15, 0.2) is 0 Å². The normalized spacial score (nSPS) is 35.5. The van der Waals surface area contributed by atoms with E-state index >= 15 is 0 Å². The lowest BCUT2D eigenvalue weighted by Gasteiger charge is -2.18. The van der Waals surface area contributed by atoms with Crippen molar-refractivity contribution in [2.75, 3.05) is 13.1 Å². The van der Waals surface area contributed by atoms with E-state index in [1.807, 2.05) is 6.92 Å². The Bertz CT molecular complexity index is 215.